The van der Waals surface area contributed by atoms with Gasteiger partial charge in [-0.2, -0.15) is 5.10 Å². The molecule has 180 valence electrons. The van der Waals surface area contributed by atoms with E-state index >= 15 is 0 Å². The minimum atomic E-state index is -0.482. The van der Waals surface area contributed by atoms with E-state index in [4.69, 9.17) is 0 Å². The van der Waals surface area contributed by atoms with Crippen LogP contribution in [0.1, 0.15) is 35.5 Å². The summed E-state index contributed by atoms with van der Waals surface area (Å²) in [5, 5.41) is 11.8. The maximum Gasteiger partial charge on any atom is 0.270 e. The number of carbonyl (C=O) groups is 2. The highest BCUT2D eigenvalue weighted by molar-refractivity contribution is 9.10. The number of amides is 1. The first-order valence-electron chi connectivity index (χ1n) is 10.6. The van der Waals surface area contributed by atoms with Crippen LogP contribution < -0.4 is 15.5 Å². The fraction of sp³-hybridized carbons (Fsp3) is 0.240. The van der Waals surface area contributed by atoms with Gasteiger partial charge in [0.2, 0.25) is 0 Å². The second-order valence-corrected chi connectivity index (χ2v) is 8.40. The molecule has 2 aromatic carbocycles. The number of benzene rings is 2. The lowest BCUT2D eigenvalue weighted by atomic mass is 10.1. The van der Waals surface area contributed by atoms with Crippen LogP contribution in [0.15, 0.2) is 59.6 Å². The molecule has 0 aliphatic rings. The molecule has 3 rings (SSSR count). The zero-order valence-electron chi connectivity index (χ0n) is 19.7. The van der Waals surface area contributed by atoms with Crippen molar-refractivity contribution in [1.82, 2.24) is 15.5 Å². The molecule has 0 atom stereocenters. The van der Waals surface area contributed by atoms with Gasteiger partial charge in [-0.25, -0.2) is 4.39 Å². The van der Waals surface area contributed by atoms with Crippen LogP contribution in [0.5, 0.6) is 0 Å². The van der Waals surface area contributed by atoms with Gasteiger partial charge >= 0.3 is 0 Å². The summed E-state index contributed by atoms with van der Waals surface area (Å²) in [4.78, 5) is 25.0. The van der Waals surface area contributed by atoms with E-state index in [-0.39, 0.29) is 23.8 Å². The van der Waals surface area contributed by atoms with Crippen LogP contribution in [0.3, 0.4) is 0 Å². The topological polar surface area (TPSA) is 90.1 Å². The maximum absolute atomic E-state index is 13.7. The van der Waals surface area contributed by atoms with Crippen LogP contribution in [0.2, 0.25) is 0 Å². The number of nitrogens with one attached hydrogen (secondary N) is 3. The number of aromatic amines is 1. The van der Waals surface area contributed by atoms with Gasteiger partial charge in [-0.15, -0.1) is 0 Å². The van der Waals surface area contributed by atoms with Crippen molar-refractivity contribution in [3.05, 3.63) is 82.2 Å². The molecule has 7 nitrogen and oxygen atoms in total. The summed E-state index contributed by atoms with van der Waals surface area (Å²) in [5.41, 5.74) is 3.48. The first-order valence-corrected chi connectivity index (χ1v) is 11.4. The van der Waals surface area contributed by atoms with E-state index in [2.05, 4.69) is 93.5 Å². The van der Waals surface area contributed by atoms with Crippen molar-refractivity contribution in [2.45, 2.75) is 20.3 Å². The fourth-order valence-corrected chi connectivity index (χ4v) is 3.47. The molecule has 0 saturated carbocycles. The standard InChI is InChI=1S/C15H14BrFN4O2.C10H15N/c1-8(22)7-18-15(23)13-12(16)14(21-20-13)19-9(2)10-5-3-4-6-11(10)17;1-4-9-7-5-6-8-10(9)11(2)3/h3-6H,2,7H2,1H3,(H,18,23)(H2,19,20,21);5-8H,4H2,1-3H3. The first-order chi connectivity index (χ1) is 16.1. The van der Waals surface area contributed by atoms with Crippen LogP contribution in [0.4, 0.5) is 15.9 Å². The molecule has 1 amide bonds. The summed E-state index contributed by atoms with van der Waals surface area (Å²) in [6, 6.07) is 14.7. The van der Waals surface area contributed by atoms with Gasteiger partial charge in [-0.1, -0.05) is 43.8 Å². The van der Waals surface area contributed by atoms with Gasteiger partial charge in [0.25, 0.3) is 5.91 Å². The van der Waals surface area contributed by atoms with Gasteiger partial charge in [0.15, 0.2) is 5.82 Å². The lowest BCUT2D eigenvalue weighted by Gasteiger charge is -2.15. The highest BCUT2D eigenvalue weighted by atomic mass is 79.9. The van der Waals surface area contributed by atoms with Crippen LogP contribution in [-0.2, 0) is 11.2 Å². The van der Waals surface area contributed by atoms with Crippen LogP contribution >= 0.6 is 15.9 Å². The van der Waals surface area contributed by atoms with Gasteiger partial charge < -0.3 is 15.5 Å². The fourth-order valence-electron chi connectivity index (χ4n) is 3.02. The van der Waals surface area contributed by atoms with Crippen molar-refractivity contribution in [3.8, 4) is 0 Å². The first kappa shape index (κ1) is 26.8. The van der Waals surface area contributed by atoms with Gasteiger partial charge in [-0.3, -0.25) is 14.7 Å². The molecule has 1 aromatic heterocycles. The van der Waals surface area contributed by atoms with Gasteiger partial charge in [0, 0.05) is 31.0 Å². The number of hydrogen-bond donors (Lipinski definition) is 3. The van der Waals surface area contributed by atoms with E-state index in [0.717, 1.165) is 6.42 Å². The average molecular weight is 530 g/mol. The number of hydrogen-bond acceptors (Lipinski definition) is 5. The number of ketones is 1. The molecule has 0 bridgehead atoms. The largest absolute Gasteiger partial charge is 0.377 e. The highest BCUT2D eigenvalue weighted by Crippen LogP contribution is 2.27. The summed E-state index contributed by atoms with van der Waals surface area (Å²) in [7, 11) is 4.16. The van der Waals surface area contributed by atoms with Crippen LogP contribution in [0, 0.1) is 5.82 Å². The molecule has 0 unspecified atom stereocenters. The molecule has 0 radical (unpaired) electrons. The summed E-state index contributed by atoms with van der Waals surface area (Å²) >= 11 is 3.24. The number of aryl methyl sites for hydroxylation is 1. The Bertz CT molecular complexity index is 1160. The summed E-state index contributed by atoms with van der Waals surface area (Å²) in [5.74, 6) is -0.785. The van der Waals surface area contributed by atoms with E-state index in [1.807, 2.05) is 0 Å². The lowest BCUT2D eigenvalue weighted by molar-refractivity contribution is -0.116. The van der Waals surface area contributed by atoms with Crippen LogP contribution in [-0.4, -0.2) is 42.5 Å². The van der Waals surface area contributed by atoms with Crippen molar-refractivity contribution in [3.63, 3.8) is 0 Å². The Morgan fingerprint density at radius 1 is 1.15 bits per heavy atom. The third-order valence-corrected chi connectivity index (χ3v) is 5.53. The van der Waals surface area contributed by atoms with Gasteiger partial charge in [0.05, 0.1) is 11.0 Å². The Morgan fingerprint density at radius 3 is 2.38 bits per heavy atom. The van der Waals surface area contributed by atoms with E-state index < -0.39 is 11.7 Å². The molecule has 0 aliphatic heterocycles. The zero-order chi connectivity index (χ0) is 25.3. The summed E-state index contributed by atoms with van der Waals surface area (Å²) in [6.07, 6.45) is 1.11. The molecular formula is C25H29BrFN5O2. The predicted octanol–water partition coefficient (Wildman–Crippen LogP) is 5.03. The molecular weight excluding hydrogens is 501 g/mol. The number of carbonyl (C=O) groups excluding carboxylic acids is 2. The van der Waals surface area contributed by atoms with Crippen molar-refractivity contribution >= 4 is 44.8 Å². The minimum absolute atomic E-state index is 0.0744. The quantitative estimate of drug-likeness (QED) is 0.380. The summed E-state index contributed by atoms with van der Waals surface area (Å²) < 4.78 is 14.1. The number of nitrogens with zero attached hydrogens (tertiary/aromatic N) is 2. The molecule has 0 spiro atoms. The lowest BCUT2D eigenvalue weighted by Crippen LogP contribution is -2.28. The second-order valence-electron chi connectivity index (χ2n) is 7.61. The third-order valence-electron chi connectivity index (χ3n) is 4.75. The number of para-hydroxylation sites is 1. The van der Waals surface area contributed by atoms with Crippen LogP contribution in [0.25, 0.3) is 5.70 Å². The third kappa shape index (κ3) is 7.28. The highest BCUT2D eigenvalue weighted by Gasteiger charge is 2.18. The number of halogens is 2. The second kappa shape index (κ2) is 12.7. The Morgan fingerprint density at radius 2 is 1.79 bits per heavy atom. The Kier molecular flexibility index (Phi) is 10.0. The predicted molar refractivity (Wildman–Crippen MR) is 139 cm³/mol. The SMILES string of the molecule is C=C(Nc1n[nH]c(C(=O)NCC(C)=O)c1Br)c1ccccc1F.CCc1ccccc1N(C)C. The number of H-pyrrole nitrogens is 1. The van der Waals surface area contributed by atoms with Crippen molar-refractivity contribution < 1.29 is 14.0 Å². The number of anilines is 2. The average Bonchev–Trinajstić information content (AvgIpc) is 3.17. The monoisotopic (exact) mass is 529 g/mol. The van der Waals surface area contributed by atoms with Gasteiger partial charge in [-0.05, 0) is 53.0 Å². The minimum Gasteiger partial charge on any atom is -0.377 e. The molecule has 34 heavy (non-hydrogen) atoms. The number of aromatic nitrogens is 2. The van der Waals surface area contributed by atoms with Crippen molar-refractivity contribution in [2.24, 2.45) is 0 Å². The van der Waals surface area contributed by atoms with Crippen molar-refractivity contribution in [1.29, 1.82) is 0 Å². The van der Waals surface area contributed by atoms with Crippen molar-refractivity contribution in [2.75, 3.05) is 30.9 Å². The zero-order valence-corrected chi connectivity index (χ0v) is 21.3. The molecule has 1 heterocycles. The Hall–Kier alpha value is -3.46. The van der Waals surface area contributed by atoms with E-state index in [1.165, 1.54) is 24.2 Å². The molecule has 3 N–H and O–H groups in total. The maximum atomic E-state index is 13.7. The Labute approximate surface area is 207 Å². The van der Waals surface area contributed by atoms with E-state index in [9.17, 15) is 14.0 Å². The molecule has 0 fully saturated rings. The van der Waals surface area contributed by atoms with E-state index in [0.29, 0.717) is 15.7 Å². The molecule has 3 aromatic rings. The number of rotatable bonds is 8. The van der Waals surface area contributed by atoms with Gasteiger partial charge in [0.1, 0.15) is 17.3 Å². The summed E-state index contributed by atoms with van der Waals surface area (Å²) in [6.45, 7) is 7.24. The normalized spacial score (nSPS) is 10.1. The molecule has 0 saturated heterocycles. The Balaban J connectivity index is 0.000000310. The number of Topliss-reactive ketones (excluding diaryl/α,β-unsaturated/α-hetero) is 1. The smallest absolute Gasteiger partial charge is 0.270 e. The van der Waals surface area contributed by atoms with E-state index in [1.54, 1.807) is 18.2 Å². The molecule has 9 heteroatoms. The molecule has 0 aliphatic carbocycles.